The molecule has 2 aliphatic rings. The molecule has 2 aliphatic carbocycles. The maximum atomic E-state index is 9.32. The fourth-order valence-electron chi connectivity index (χ4n) is 3.60. The Morgan fingerprint density at radius 2 is 1.94 bits per heavy atom. The van der Waals surface area contributed by atoms with Crippen molar-refractivity contribution in [3.63, 3.8) is 0 Å². The van der Waals surface area contributed by atoms with Crippen LogP contribution >= 0.6 is 0 Å². The zero-order chi connectivity index (χ0) is 11.6. The van der Waals surface area contributed by atoms with Gasteiger partial charge in [-0.3, -0.25) is 4.90 Å². The van der Waals surface area contributed by atoms with Crippen LogP contribution in [0, 0.1) is 0 Å². The molecule has 94 valence electrons. The molecule has 0 aromatic carbocycles. The number of hydrogen-bond acceptors (Lipinski definition) is 3. The van der Waals surface area contributed by atoms with E-state index in [0.29, 0.717) is 6.04 Å². The van der Waals surface area contributed by atoms with Crippen LogP contribution in [0.1, 0.15) is 51.9 Å². The maximum Gasteiger partial charge on any atom is 0.0611 e. The van der Waals surface area contributed by atoms with Gasteiger partial charge in [-0.1, -0.05) is 19.8 Å². The van der Waals surface area contributed by atoms with Gasteiger partial charge in [0.2, 0.25) is 0 Å². The van der Waals surface area contributed by atoms with Gasteiger partial charge >= 0.3 is 0 Å². The molecule has 0 radical (unpaired) electrons. The minimum absolute atomic E-state index is 0.145. The zero-order valence-corrected chi connectivity index (χ0v) is 10.5. The van der Waals surface area contributed by atoms with E-state index in [2.05, 4.69) is 11.8 Å². The molecule has 0 aromatic heterocycles. The van der Waals surface area contributed by atoms with E-state index in [0.717, 1.165) is 25.4 Å². The molecule has 0 amide bonds. The highest BCUT2D eigenvalue weighted by Crippen LogP contribution is 2.35. The molecule has 2 fully saturated rings. The maximum absolute atomic E-state index is 9.32. The van der Waals surface area contributed by atoms with Crippen LogP contribution in [0.4, 0.5) is 0 Å². The first kappa shape index (κ1) is 12.3. The largest absolute Gasteiger partial charge is 0.394 e. The van der Waals surface area contributed by atoms with Gasteiger partial charge in [-0.2, -0.15) is 0 Å². The molecule has 0 aliphatic heterocycles. The number of aliphatic hydroxyl groups is 1. The third-order valence-electron chi connectivity index (χ3n) is 4.56. The monoisotopic (exact) mass is 226 g/mol. The van der Waals surface area contributed by atoms with E-state index in [9.17, 15) is 5.11 Å². The fourth-order valence-corrected chi connectivity index (χ4v) is 3.60. The summed E-state index contributed by atoms with van der Waals surface area (Å²) in [5, 5.41) is 9.32. The van der Waals surface area contributed by atoms with Crippen LogP contribution in [0.3, 0.4) is 0 Å². The van der Waals surface area contributed by atoms with Crippen LogP contribution in [0.25, 0.3) is 0 Å². The Bertz CT molecular complexity index is 228. The quantitative estimate of drug-likeness (QED) is 0.763. The summed E-state index contributed by atoms with van der Waals surface area (Å²) in [4.78, 5) is 2.65. The first-order valence-corrected chi connectivity index (χ1v) is 6.84. The Labute approximate surface area is 99.0 Å². The molecule has 2 unspecified atom stereocenters. The molecule has 3 N–H and O–H groups in total. The summed E-state index contributed by atoms with van der Waals surface area (Å²) < 4.78 is 0. The van der Waals surface area contributed by atoms with E-state index >= 15 is 0 Å². The molecule has 0 heterocycles. The Morgan fingerprint density at radius 1 is 1.25 bits per heavy atom. The van der Waals surface area contributed by atoms with E-state index in [1.165, 1.54) is 32.1 Å². The second kappa shape index (κ2) is 5.03. The van der Waals surface area contributed by atoms with Gasteiger partial charge in [0.05, 0.1) is 6.61 Å². The van der Waals surface area contributed by atoms with Crippen LogP contribution in [-0.4, -0.2) is 40.8 Å². The van der Waals surface area contributed by atoms with Gasteiger partial charge in [-0.25, -0.2) is 0 Å². The fraction of sp³-hybridized carbons (Fsp3) is 1.00. The lowest BCUT2D eigenvalue weighted by molar-refractivity contribution is 0.130. The lowest BCUT2D eigenvalue weighted by Crippen LogP contribution is -2.45. The molecular weight excluding hydrogens is 200 g/mol. The average molecular weight is 226 g/mol. The Balaban J connectivity index is 1.95. The summed E-state index contributed by atoms with van der Waals surface area (Å²) in [6, 6.07) is 1.40. The summed E-state index contributed by atoms with van der Waals surface area (Å²) in [5.41, 5.74) is 5.87. The minimum atomic E-state index is -0.295. The van der Waals surface area contributed by atoms with E-state index in [1.54, 1.807) is 0 Å². The SMILES string of the molecule is CCN(C1CCCC1)C1CCC(N)(CO)C1. The Kier molecular flexibility index (Phi) is 3.88. The van der Waals surface area contributed by atoms with Crippen molar-refractivity contribution < 1.29 is 5.11 Å². The predicted molar refractivity (Wildman–Crippen MR) is 66.3 cm³/mol. The highest BCUT2D eigenvalue weighted by Gasteiger charge is 2.39. The van der Waals surface area contributed by atoms with Gasteiger partial charge in [-0.05, 0) is 38.6 Å². The average Bonchev–Trinajstić information content (AvgIpc) is 2.91. The van der Waals surface area contributed by atoms with Crippen LogP contribution in [0.5, 0.6) is 0 Å². The van der Waals surface area contributed by atoms with Crippen molar-refractivity contribution in [3.05, 3.63) is 0 Å². The molecule has 0 spiro atoms. The van der Waals surface area contributed by atoms with Gasteiger partial charge in [0.15, 0.2) is 0 Å². The molecule has 2 atom stereocenters. The van der Waals surface area contributed by atoms with Gasteiger partial charge in [0, 0.05) is 17.6 Å². The number of nitrogens with zero attached hydrogens (tertiary/aromatic N) is 1. The number of aliphatic hydroxyl groups excluding tert-OH is 1. The first-order chi connectivity index (χ1) is 7.68. The third kappa shape index (κ3) is 2.41. The van der Waals surface area contributed by atoms with Crippen LogP contribution in [0.15, 0.2) is 0 Å². The Hall–Kier alpha value is -0.120. The molecule has 0 aromatic rings. The highest BCUT2D eigenvalue weighted by atomic mass is 16.3. The van der Waals surface area contributed by atoms with Crippen molar-refractivity contribution in [3.8, 4) is 0 Å². The van der Waals surface area contributed by atoms with Gasteiger partial charge in [0.25, 0.3) is 0 Å². The molecular formula is C13H26N2O. The standard InChI is InChI=1S/C13H26N2O/c1-2-15(11-5-3-4-6-11)12-7-8-13(14,9-12)10-16/h11-12,16H,2-10,14H2,1H3. The molecule has 3 nitrogen and oxygen atoms in total. The molecule has 16 heavy (non-hydrogen) atoms. The molecule has 0 bridgehead atoms. The molecule has 3 heteroatoms. The minimum Gasteiger partial charge on any atom is -0.394 e. The normalized spacial score (nSPS) is 36.4. The van der Waals surface area contributed by atoms with Crippen LogP contribution in [0.2, 0.25) is 0 Å². The van der Waals surface area contributed by atoms with Crippen molar-refractivity contribution in [2.24, 2.45) is 5.73 Å². The first-order valence-electron chi connectivity index (χ1n) is 6.84. The van der Waals surface area contributed by atoms with E-state index in [1.807, 2.05) is 0 Å². The second-order valence-electron chi connectivity index (χ2n) is 5.69. The number of hydrogen-bond donors (Lipinski definition) is 2. The van der Waals surface area contributed by atoms with Crippen molar-refractivity contribution in [2.45, 2.75) is 69.5 Å². The van der Waals surface area contributed by atoms with Crippen molar-refractivity contribution in [1.29, 1.82) is 0 Å². The predicted octanol–water partition coefficient (Wildman–Crippen LogP) is 1.49. The third-order valence-corrected chi connectivity index (χ3v) is 4.56. The number of nitrogens with two attached hydrogens (primary N) is 1. The zero-order valence-electron chi connectivity index (χ0n) is 10.5. The van der Waals surface area contributed by atoms with Gasteiger partial charge < -0.3 is 10.8 Å². The van der Waals surface area contributed by atoms with Gasteiger partial charge in [0.1, 0.15) is 0 Å². The summed E-state index contributed by atoms with van der Waals surface area (Å²) >= 11 is 0. The Morgan fingerprint density at radius 3 is 2.44 bits per heavy atom. The number of rotatable bonds is 4. The second-order valence-corrected chi connectivity index (χ2v) is 5.69. The molecule has 2 rings (SSSR count). The summed E-state index contributed by atoms with van der Waals surface area (Å²) in [7, 11) is 0. The van der Waals surface area contributed by atoms with Crippen molar-refractivity contribution in [2.75, 3.05) is 13.2 Å². The van der Waals surface area contributed by atoms with Crippen LogP contribution < -0.4 is 5.73 Å². The molecule has 2 saturated carbocycles. The summed E-state index contributed by atoms with van der Waals surface area (Å²) in [6.07, 6.45) is 8.64. The van der Waals surface area contributed by atoms with Crippen LogP contribution in [-0.2, 0) is 0 Å². The van der Waals surface area contributed by atoms with E-state index in [-0.39, 0.29) is 12.1 Å². The smallest absolute Gasteiger partial charge is 0.0611 e. The van der Waals surface area contributed by atoms with E-state index < -0.39 is 0 Å². The van der Waals surface area contributed by atoms with Gasteiger partial charge in [-0.15, -0.1) is 0 Å². The lowest BCUT2D eigenvalue weighted by Gasteiger charge is -2.34. The van der Waals surface area contributed by atoms with Crippen molar-refractivity contribution in [1.82, 2.24) is 4.90 Å². The van der Waals surface area contributed by atoms with E-state index in [4.69, 9.17) is 5.73 Å². The highest BCUT2D eigenvalue weighted by molar-refractivity contribution is 4.98. The summed E-state index contributed by atoms with van der Waals surface area (Å²) in [5.74, 6) is 0. The summed E-state index contributed by atoms with van der Waals surface area (Å²) in [6.45, 7) is 3.54. The lowest BCUT2D eigenvalue weighted by atomic mass is 10.00. The molecule has 0 saturated heterocycles. The van der Waals surface area contributed by atoms with Crippen molar-refractivity contribution >= 4 is 0 Å². The topological polar surface area (TPSA) is 49.5 Å².